The van der Waals surface area contributed by atoms with Gasteiger partial charge in [0.1, 0.15) is 0 Å². The Hall–Kier alpha value is -1.41. The van der Waals surface area contributed by atoms with Gasteiger partial charge in [-0.15, -0.1) is 0 Å². The van der Waals surface area contributed by atoms with Crippen molar-refractivity contribution in [3.63, 3.8) is 0 Å². The molecule has 6 rings (SSSR count). The van der Waals surface area contributed by atoms with Crippen molar-refractivity contribution in [3.05, 3.63) is 48.6 Å². The molecule has 2 nitrogen and oxygen atoms in total. The standard InChI is InChI=1S/C10H12O.C10H10O/c2*11-9-4-3-8-6-1-2-7(5-6)10(8)9/h1-4,6-11H,5H2;1-4,6-8,10H,5H2/t6-,7+,8-,9-,10+;/m0./s1. The number of aliphatic hydroxyl groups excluding tert-OH is 1. The van der Waals surface area contributed by atoms with Crippen molar-refractivity contribution in [1.82, 2.24) is 0 Å². The Morgan fingerprint density at radius 1 is 0.773 bits per heavy atom. The molecule has 2 saturated carbocycles. The molecule has 6 aliphatic rings. The second-order valence-corrected chi connectivity index (χ2v) is 7.79. The monoisotopic (exact) mass is 294 g/mol. The molecule has 0 amide bonds. The molecule has 0 saturated heterocycles. The average molecular weight is 294 g/mol. The third-order valence-electron chi connectivity index (χ3n) is 6.84. The molecule has 1 N–H and O–H groups in total. The van der Waals surface area contributed by atoms with Gasteiger partial charge in [-0.3, -0.25) is 4.79 Å². The van der Waals surface area contributed by atoms with E-state index < -0.39 is 0 Å². The molecule has 114 valence electrons. The fourth-order valence-electron chi connectivity index (χ4n) is 5.86. The Labute approximate surface area is 131 Å². The summed E-state index contributed by atoms with van der Waals surface area (Å²) >= 11 is 0. The molecule has 0 heterocycles. The minimum absolute atomic E-state index is 0.153. The van der Waals surface area contributed by atoms with E-state index in [-0.39, 0.29) is 6.10 Å². The normalized spacial score (nSPS) is 54.0. The summed E-state index contributed by atoms with van der Waals surface area (Å²) in [7, 11) is 0. The summed E-state index contributed by atoms with van der Waals surface area (Å²) in [6.45, 7) is 0. The number of hydrogen-bond acceptors (Lipinski definition) is 2. The predicted octanol–water partition coefficient (Wildman–Crippen LogP) is 2.92. The Balaban J connectivity index is 0.000000102. The quantitative estimate of drug-likeness (QED) is 0.698. The van der Waals surface area contributed by atoms with Gasteiger partial charge in [0.2, 0.25) is 0 Å². The van der Waals surface area contributed by atoms with Crippen LogP contribution >= 0.6 is 0 Å². The molecule has 0 aliphatic heterocycles. The van der Waals surface area contributed by atoms with Crippen LogP contribution in [-0.4, -0.2) is 17.0 Å². The summed E-state index contributed by atoms with van der Waals surface area (Å²) < 4.78 is 0. The van der Waals surface area contributed by atoms with Crippen molar-refractivity contribution < 1.29 is 9.90 Å². The number of hydrogen-bond donors (Lipinski definition) is 1. The number of rotatable bonds is 0. The molecular formula is C20H22O2. The maximum absolute atomic E-state index is 11.3. The largest absolute Gasteiger partial charge is 0.389 e. The van der Waals surface area contributed by atoms with Gasteiger partial charge in [0, 0.05) is 11.8 Å². The van der Waals surface area contributed by atoms with Crippen LogP contribution in [0.5, 0.6) is 0 Å². The third kappa shape index (κ3) is 1.68. The highest BCUT2D eigenvalue weighted by Gasteiger charge is 2.49. The Kier molecular flexibility index (Phi) is 2.70. The predicted molar refractivity (Wildman–Crippen MR) is 84.7 cm³/mol. The summed E-state index contributed by atoms with van der Waals surface area (Å²) in [6, 6.07) is 0. The Morgan fingerprint density at radius 3 is 2.23 bits per heavy atom. The van der Waals surface area contributed by atoms with Crippen molar-refractivity contribution in [2.45, 2.75) is 18.9 Å². The highest BCUT2D eigenvalue weighted by atomic mass is 16.3. The van der Waals surface area contributed by atoms with E-state index in [2.05, 4.69) is 36.5 Å². The number of fused-ring (bicyclic) bond motifs is 10. The van der Waals surface area contributed by atoms with Crippen LogP contribution in [-0.2, 0) is 4.79 Å². The van der Waals surface area contributed by atoms with Gasteiger partial charge >= 0.3 is 0 Å². The maximum Gasteiger partial charge on any atom is 0.159 e. The lowest BCUT2D eigenvalue weighted by atomic mass is 9.84. The molecule has 4 bridgehead atoms. The smallest absolute Gasteiger partial charge is 0.159 e. The summed E-state index contributed by atoms with van der Waals surface area (Å²) in [6.07, 6.45) is 19.6. The van der Waals surface area contributed by atoms with E-state index in [1.807, 2.05) is 6.08 Å². The van der Waals surface area contributed by atoms with Crippen LogP contribution in [0.1, 0.15) is 12.8 Å². The fraction of sp³-hybridized carbons (Fsp3) is 0.550. The molecule has 0 spiro atoms. The highest BCUT2D eigenvalue weighted by Crippen LogP contribution is 2.53. The second-order valence-electron chi connectivity index (χ2n) is 7.79. The van der Waals surface area contributed by atoms with Gasteiger partial charge in [-0.25, -0.2) is 0 Å². The molecular weight excluding hydrogens is 272 g/mol. The van der Waals surface area contributed by atoms with Crippen molar-refractivity contribution in [1.29, 1.82) is 0 Å². The minimum Gasteiger partial charge on any atom is -0.389 e. The lowest BCUT2D eigenvalue weighted by Gasteiger charge is -2.22. The fourth-order valence-corrected chi connectivity index (χ4v) is 5.86. The van der Waals surface area contributed by atoms with Gasteiger partial charge in [-0.05, 0) is 54.4 Å². The lowest BCUT2D eigenvalue weighted by molar-refractivity contribution is -0.118. The van der Waals surface area contributed by atoms with Crippen LogP contribution < -0.4 is 0 Å². The molecule has 4 unspecified atom stereocenters. The van der Waals surface area contributed by atoms with Crippen molar-refractivity contribution in [3.8, 4) is 0 Å². The molecule has 0 aromatic carbocycles. The third-order valence-corrected chi connectivity index (χ3v) is 6.84. The van der Waals surface area contributed by atoms with E-state index in [1.54, 1.807) is 6.08 Å². The minimum atomic E-state index is -0.153. The van der Waals surface area contributed by atoms with Gasteiger partial charge in [-0.2, -0.15) is 0 Å². The zero-order valence-corrected chi connectivity index (χ0v) is 12.6. The molecule has 9 atom stereocenters. The molecule has 0 radical (unpaired) electrons. The van der Waals surface area contributed by atoms with Crippen LogP contribution in [0.25, 0.3) is 0 Å². The molecule has 6 aliphatic carbocycles. The van der Waals surface area contributed by atoms with Gasteiger partial charge in [0.25, 0.3) is 0 Å². The van der Waals surface area contributed by atoms with Crippen molar-refractivity contribution in [2.24, 2.45) is 47.3 Å². The number of aliphatic hydroxyl groups is 1. The number of carbonyl (C=O) groups is 1. The van der Waals surface area contributed by atoms with Crippen molar-refractivity contribution in [2.75, 3.05) is 0 Å². The molecule has 2 fully saturated rings. The summed E-state index contributed by atoms with van der Waals surface area (Å²) in [4.78, 5) is 11.3. The number of carbonyl (C=O) groups excluding carboxylic acids is 1. The first-order chi connectivity index (χ1) is 10.7. The van der Waals surface area contributed by atoms with Crippen LogP contribution in [0.2, 0.25) is 0 Å². The van der Waals surface area contributed by atoms with E-state index in [4.69, 9.17) is 0 Å². The topological polar surface area (TPSA) is 37.3 Å². The van der Waals surface area contributed by atoms with Crippen LogP contribution in [0.4, 0.5) is 0 Å². The first kappa shape index (κ1) is 13.1. The van der Waals surface area contributed by atoms with Crippen molar-refractivity contribution >= 4 is 5.78 Å². The van der Waals surface area contributed by atoms with E-state index >= 15 is 0 Å². The number of allylic oxidation sites excluding steroid dienone is 7. The van der Waals surface area contributed by atoms with Gasteiger partial charge in [0.15, 0.2) is 5.78 Å². The molecule has 22 heavy (non-hydrogen) atoms. The lowest BCUT2D eigenvalue weighted by Crippen LogP contribution is -2.23. The summed E-state index contributed by atoms with van der Waals surface area (Å²) in [5.74, 6) is 5.16. The first-order valence-corrected chi connectivity index (χ1v) is 8.67. The Morgan fingerprint density at radius 2 is 1.45 bits per heavy atom. The maximum atomic E-state index is 11.3. The molecule has 0 aromatic rings. The van der Waals surface area contributed by atoms with Gasteiger partial charge in [0.05, 0.1) is 6.10 Å². The van der Waals surface area contributed by atoms with Crippen LogP contribution in [0.15, 0.2) is 48.6 Å². The van der Waals surface area contributed by atoms with E-state index in [0.717, 1.165) is 5.92 Å². The van der Waals surface area contributed by atoms with E-state index in [1.165, 1.54) is 12.8 Å². The van der Waals surface area contributed by atoms with Crippen LogP contribution in [0, 0.1) is 47.3 Å². The van der Waals surface area contributed by atoms with E-state index in [0.29, 0.717) is 47.2 Å². The second kappa shape index (κ2) is 4.55. The summed E-state index contributed by atoms with van der Waals surface area (Å²) in [5, 5.41) is 9.60. The highest BCUT2D eigenvalue weighted by molar-refractivity contribution is 5.95. The summed E-state index contributed by atoms with van der Waals surface area (Å²) in [5.41, 5.74) is 0. The number of ketones is 1. The zero-order valence-electron chi connectivity index (χ0n) is 12.6. The average Bonchev–Trinajstić information content (AvgIpc) is 3.30. The van der Waals surface area contributed by atoms with Gasteiger partial charge in [-0.1, -0.05) is 42.5 Å². The van der Waals surface area contributed by atoms with E-state index in [9.17, 15) is 9.90 Å². The molecule has 2 heteroatoms. The first-order valence-electron chi connectivity index (χ1n) is 8.67. The van der Waals surface area contributed by atoms with Gasteiger partial charge < -0.3 is 5.11 Å². The van der Waals surface area contributed by atoms with Crippen LogP contribution in [0.3, 0.4) is 0 Å². The SMILES string of the molecule is O=C1C=CC2C3C=CC(C3)C12.O[C@H]1C=C[C@@H]2[C@H]1[C@@H]1C=C[C@H]2C1. The zero-order chi connectivity index (χ0) is 14.8. The Bertz CT molecular complexity index is 626. The molecule has 0 aromatic heterocycles.